The van der Waals surface area contributed by atoms with Crippen LogP contribution in [-0.4, -0.2) is 22.6 Å². The Morgan fingerprint density at radius 1 is 1.60 bits per heavy atom. The Labute approximate surface area is 89.7 Å². The van der Waals surface area contributed by atoms with E-state index in [-0.39, 0.29) is 0 Å². The molecule has 4 nitrogen and oxygen atoms in total. The minimum atomic E-state index is -0.744. The van der Waals surface area contributed by atoms with E-state index in [4.69, 9.17) is 5.11 Å². The summed E-state index contributed by atoms with van der Waals surface area (Å²) in [5.41, 5.74) is 0.536. The Kier molecular flexibility index (Phi) is 3.91. The Morgan fingerprint density at radius 2 is 2.33 bits per heavy atom. The van der Waals surface area contributed by atoms with Crippen LogP contribution in [0, 0.1) is 5.41 Å². The number of hydrogen-bond acceptors (Lipinski definition) is 2. The quantitative estimate of drug-likeness (QED) is 0.625. The van der Waals surface area contributed by atoms with Crippen LogP contribution in [0.4, 0.5) is 0 Å². The molecule has 15 heavy (non-hydrogen) atoms. The normalized spacial score (nSPS) is 11.6. The van der Waals surface area contributed by atoms with E-state index in [0.29, 0.717) is 13.0 Å². The van der Waals surface area contributed by atoms with Crippen LogP contribution in [0.15, 0.2) is 18.5 Å². The fourth-order valence-corrected chi connectivity index (χ4v) is 1.21. The zero-order valence-electron chi connectivity index (χ0n) is 9.21. The molecule has 0 unspecified atom stereocenters. The minimum absolute atomic E-state index is 0.632. The third kappa shape index (κ3) is 3.75. The van der Waals surface area contributed by atoms with Gasteiger partial charge in [0.1, 0.15) is 0 Å². The van der Waals surface area contributed by atoms with E-state index in [2.05, 4.69) is 10.3 Å². The number of nitrogens with one attached hydrogen (secondary N) is 2. The molecule has 0 aromatic carbocycles. The molecule has 84 valence electrons. The van der Waals surface area contributed by atoms with Crippen LogP contribution in [0.2, 0.25) is 0 Å². The predicted octanol–water partition coefficient (Wildman–Crippen LogP) is 1.61. The molecule has 0 saturated heterocycles. The molecule has 1 aromatic heterocycles. The first-order valence-electron chi connectivity index (χ1n) is 5.08. The number of carboxylic acids is 1. The highest BCUT2D eigenvalue weighted by Crippen LogP contribution is 2.19. The van der Waals surface area contributed by atoms with Crippen LogP contribution >= 0.6 is 0 Å². The van der Waals surface area contributed by atoms with Crippen LogP contribution in [0.3, 0.4) is 0 Å². The van der Waals surface area contributed by atoms with Gasteiger partial charge in [-0.3, -0.25) is 4.79 Å². The maximum absolute atomic E-state index is 10.8. The first kappa shape index (κ1) is 11.8. The molecule has 0 bridgehead atoms. The molecule has 1 aromatic rings. The average molecular weight is 210 g/mol. The predicted molar refractivity (Wildman–Crippen MR) is 58.5 cm³/mol. The van der Waals surface area contributed by atoms with Gasteiger partial charge in [0.25, 0.3) is 0 Å². The Morgan fingerprint density at radius 3 is 2.87 bits per heavy atom. The van der Waals surface area contributed by atoms with Crippen molar-refractivity contribution in [2.24, 2.45) is 5.41 Å². The summed E-state index contributed by atoms with van der Waals surface area (Å²) in [6, 6.07) is 2.00. The summed E-state index contributed by atoms with van der Waals surface area (Å²) in [7, 11) is 0. The molecule has 0 saturated carbocycles. The summed E-state index contributed by atoms with van der Waals surface area (Å²) >= 11 is 0. The molecule has 4 heteroatoms. The number of carboxylic acid groups (broad SMARTS) is 1. The van der Waals surface area contributed by atoms with Crippen LogP contribution in [0.25, 0.3) is 0 Å². The summed E-state index contributed by atoms with van der Waals surface area (Å²) in [5, 5.41) is 12.1. The second-order valence-corrected chi connectivity index (χ2v) is 4.34. The van der Waals surface area contributed by atoms with E-state index in [0.717, 1.165) is 6.54 Å². The second-order valence-electron chi connectivity index (χ2n) is 4.34. The van der Waals surface area contributed by atoms with Crippen molar-refractivity contribution in [2.45, 2.75) is 26.8 Å². The number of aromatic nitrogens is 1. The maximum atomic E-state index is 10.8. The van der Waals surface area contributed by atoms with Gasteiger partial charge in [0.2, 0.25) is 0 Å². The van der Waals surface area contributed by atoms with Crippen LogP contribution in [0.1, 0.15) is 25.8 Å². The van der Waals surface area contributed by atoms with Crippen LogP contribution < -0.4 is 5.32 Å². The molecule has 3 N–H and O–H groups in total. The summed E-state index contributed by atoms with van der Waals surface area (Å²) in [5.74, 6) is -0.744. The Balaban J connectivity index is 2.19. The first-order chi connectivity index (χ1) is 7.02. The number of carbonyl (C=O) groups is 1. The molecule has 0 aliphatic carbocycles. The SMILES string of the molecule is CC(C)(CCNCc1cc[nH]c1)C(=O)O. The Bertz CT molecular complexity index is 304. The van der Waals surface area contributed by atoms with Gasteiger partial charge >= 0.3 is 5.97 Å². The summed E-state index contributed by atoms with van der Waals surface area (Å²) in [6.07, 6.45) is 4.43. The van der Waals surface area contributed by atoms with Crippen molar-refractivity contribution >= 4 is 5.97 Å². The molecular weight excluding hydrogens is 192 g/mol. The zero-order valence-corrected chi connectivity index (χ0v) is 9.21. The van der Waals surface area contributed by atoms with E-state index in [1.807, 2.05) is 18.5 Å². The van der Waals surface area contributed by atoms with Gasteiger partial charge in [0.15, 0.2) is 0 Å². The van der Waals surface area contributed by atoms with Gasteiger partial charge in [-0.05, 0) is 38.4 Å². The van der Waals surface area contributed by atoms with Gasteiger partial charge in [0.05, 0.1) is 5.41 Å². The second kappa shape index (κ2) is 4.98. The largest absolute Gasteiger partial charge is 0.481 e. The van der Waals surface area contributed by atoms with Gasteiger partial charge in [-0.15, -0.1) is 0 Å². The zero-order chi connectivity index (χ0) is 11.3. The molecule has 0 aliphatic heterocycles. The smallest absolute Gasteiger partial charge is 0.309 e. The molecule has 0 fully saturated rings. The van der Waals surface area contributed by atoms with Crippen molar-refractivity contribution in [1.82, 2.24) is 10.3 Å². The maximum Gasteiger partial charge on any atom is 0.309 e. The average Bonchev–Trinajstić information content (AvgIpc) is 2.64. The van der Waals surface area contributed by atoms with Gasteiger partial charge < -0.3 is 15.4 Å². The highest BCUT2D eigenvalue weighted by atomic mass is 16.4. The molecule has 0 radical (unpaired) electrons. The highest BCUT2D eigenvalue weighted by molar-refractivity contribution is 5.73. The van der Waals surface area contributed by atoms with Crippen molar-refractivity contribution < 1.29 is 9.90 Å². The molecule has 0 amide bonds. The van der Waals surface area contributed by atoms with Gasteiger partial charge in [-0.25, -0.2) is 0 Å². The first-order valence-corrected chi connectivity index (χ1v) is 5.08. The highest BCUT2D eigenvalue weighted by Gasteiger charge is 2.25. The Hall–Kier alpha value is -1.29. The lowest BCUT2D eigenvalue weighted by molar-refractivity contribution is -0.147. The van der Waals surface area contributed by atoms with E-state index in [1.54, 1.807) is 13.8 Å². The van der Waals surface area contributed by atoms with Gasteiger partial charge in [-0.2, -0.15) is 0 Å². The van der Waals surface area contributed by atoms with Crippen molar-refractivity contribution in [3.63, 3.8) is 0 Å². The van der Waals surface area contributed by atoms with Crippen molar-refractivity contribution in [3.05, 3.63) is 24.0 Å². The third-order valence-electron chi connectivity index (χ3n) is 2.50. The number of hydrogen-bond donors (Lipinski definition) is 3. The molecule has 1 rings (SSSR count). The molecular formula is C11H18N2O2. The van der Waals surface area contributed by atoms with Gasteiger partial charge in [0, 0.05) is 18.9 Å². The van der Waals surface area contributed by atoms with Crippen molar-refractivity contribution in [3.8, 4) is 0 Å². The molecule has 0 spiro atoms. The molecule has 1 heterocycles. The summed E-state index contributed by atoms with van der Waals surface area (Å²) in [6.45, 7) is 4.98. The van der Waals surface area contributed by atoms with Gasteiger partial charge in [-0.1, -0.05) is 0 Å². The molecule has 0 atom stereocenters. The standard InChI is InChI=1S/C11H18N2O2/c1-11(2,10(14)15)4-6-13-8-9-3-5-12-7-9/h3,5,7,12-13H,4,6,8H2,1-2H3,(H,14,15). The van der Waals surface area contributed by atoms with E-state index in [1.165, 1.54) is 5.56 Å². The fraction of sp³-hybridized carbons (Fsp3) is 0.545. The lowest BCUT2D eigenvalue weighted by Gasteiger charge is -2.18. The van der Waals surface area contributed by atoms with Crippen molar-refractivity contribution in [2.75, 3.05) is 6.54 Å². The lowest BCUT2D eigenvalue weighted by Crippen LogP contribution is -2.28. The number of rotatable bonds is 6. The number of H-pyrrole nitrogens is 1. The number of aromatic amines is 1. The summed E-state index contributed by atoms with van der Waals surface area (Å²) in [4.78, 5) is 13.8. The van der Waals surface area contributed by atoms with Crippen LogP contribution in [-0.2, 0) is 11.3 Å². The monoisotopic (exact) mass is 210 g/mol. The summed E-state index contributed by atoms with van der Waals surface area (Å²) < 4.78 is 0. The topological polar surface area (TPSA) is 65.1 Å². The van der Waals surface area contributed by atoms with Crippen LogP contribution in [0.5, 0.6) is 0 Å². The number of aliphatic carboxylic acids is 1. The van der Waals surface area contributed by atoms with E-state index in [9.17, 15) is 4.79 Å². The fourth-order valence-electron chi connectivity index (χ4n) is 1.21. The van der Waals surface area contributed by atoms with E-state index < -0.39 is 11.4 Å². The van der Waals surface area contributed by atoms with E-state index >= 15 is 0 Å². The third-order valence-corrected chi connectivity index (χ3v) is 2.50. The minimum Gasteiger partial charge on any atom is -0.481 e. The van der Waals surface area contributed by atoms with Crippen molar-refractivity contribution in [1.29, 1.82) is 0 Å². The lowest BCUT2D eigenvalue weighted by atomic mass is 9.90. The molecule has 0 aliphatic rings.